The summed E-state index contributed by atoms with van der Waals surface area (Å²) in [5.41, 5.74) is 5.66. The average molecular weight is 329 g/mol. The van der Waals surface area contributed by atoms with Crippen molar-refractivity contribution in [1.82, 2.24) is 0 Å². The summed E-state index contributed by atoms with van der Waals surface area (Å²) in [5.74, 6) is 1.37. The first-order chi connectivity index (χ1) is 11.1. The molecule has 0 saturated carbocycles. The van der Waals surface area contributed by atoms with Crippen LogP contribution in [0.3, 0.4) is 0 Å². The van der Waals surface area contributed by atoms with Crippen LogP contribution in [-0.2, 0) is 19.3 Å². The van der Waals surface area contributed by atoms with Gasteiger partial charge in [-0.05, 0) is 53.5 Å². The summed E-state index contributed by atoms with van der Waals surface area (Å²) in [6.45, 7) is 6.76. The van der Waals surface area contributed by atoms with E-state index in [-0.39, 0.29) is 0 Å². The van der Waals surface area contributed by atoms with Gasteiger partial charge in [0.15, 0.2) is 0 Å². The molecule has 0 fully saturated rings. The van der Waals surface area contributed by atoms with Gasteiger partial charge in [-0.15, -0.1) is 12.6 Å². The molecule has 0 bridgehead atoms. The molecule has 2 aromatic rings. The molecule has 0 N–H and O–H groups in total. The third-order valence-electron chi connectivity index (χ3n) is 4.55. The lowest BCUT2D eigenvalue weighted by molar-refractivity contribution is 0.403. The maximum absolute atomic E-state index is 5.41. The second-order valence-corrected chi connectivity index (χ2v) is 6.61. The topological polar surface area (TPSA) is 9.23 Å². The molecule has 2 aromatic carbocycles. The summed E-state index contributed by atoms with van der Waals surface area (Å²) in [6.07, 6.45) is 4.37. The molecule has 1 unspecified atom stereocenters. The number of thiol groups is 1. The van der Waals surface area contributed by atoms with E-state index in [1.54, 1.807) is 7.11 Å². The van der Waals surface area contributed by atoms with E-state index in [0.29, 0.717) is 5.92 Å². The summed E-state index contributed by atoms with van der Waals surface area (Å²) in [4.78, 5) is 0.988. The largest absolute Gasteiger partial charge is 0.496 e. The SMILES string of the molecule is CCCc1ccccc1C(C)Cc1ccc(OC)c(S)c1CC. The Morgan fingerprint density at radius 3 is 2.43 bits per heavy atom. The molecule has 0 aliphatic rings. The van der Waals surface area contributed by atoms with Gasteiger partial charge in [0.2, 0.25) is 0 Å². The second-order valence-electron chi connectivity index (χ2n) is 6.16. The monoisotopic (exact) mass is 328 g/mol. The van der Waals surface area contributed by atoms with Gasteiger partial charge in [-0.3, -0.25) is 0 Å². The molecule has 0 saturated heterocycles. The molecule has 1 atom stereocenters. The maximum Gasteiger partial charge on any atom is 0.132 e. The lowest BCUT2D eigenvalue weighted by atomic mass is 9.87. The molecule has 1 nitrogen and oxygen atoms in total. The molecule has 2 rings (SSSR count). The Hall–Kier alpha value is -1.41. The van der Waals surface area contributed by atoms with E-state index in [4.69, 9.17) is 4.74 Å². The fraction of sp³-hybridized carbons (Fsp3) is 0.429. The Balaban J connectivity index is 2.30. The van der Waals surface area contributed by atoms with E-state index in [9.17, 15) is 0 Å². The van der Waals surface area contributed by atoms with Crippen LogP contribution in [-0.4, -0.2) is 7.11 Å². The molecular weight excluding hydrogens is 300 g/mol. The highest BCUT2D eigenvalue weighted by molar-refractivity contribution is 7.80. The van der Waals surface area contributed by atoms with Gasteiger partial charge in [-0.2, -0.15) is 0 Å². The quantitative estimate of drug-likeness (QED) is 0.628. The third kappa shape index (κ3) is 4.11. The van der Waals surface area contributed by atoms with Crippen molar-refractivity contribution < 1.29 is 4.74 Å². The highest BCUT2D eigenvalue weighted by Gasteiger charge is 2.15. The van der Waals surface area contributed by atoms with Crippen molar-refractivity contribution in [3.63, 3.8) is 0 Å². The molecule has 0 aromatic heterocycles. The van der Waals surface area contributed by atoms with Gasteiger partial charge in [0.05, 0.1) is 7.11 Å². The second kappa shape index (κ2) is 8.44. The summed E-state index contributed by atoms with van der Waals surface area (Å²) >= 11 is 4.68. The van der Waals surface area contributed by atoms with Crippen molar-refractivity contribution in [2.75, 3.05) is 7.11 Å². The lowest BCUT2D eigenvalue weighted by Gasteiger charge is -2.20. The smallest absolute Gasteiger partial charge is 0.132 e. The number of aryl methyl sites for hydroxylation is 1. The van der Waals surface area contributed by atoms with Gasteiger partial charge in [-0.1, -0.05) is 57.5 Å². The predicted octanol–water partition coefficient (Wildman–Crippen LogP) is 5.85. The predicted molar refractivity (Wildman–Crippen MR) is 102 cm³/mol. The number of hydrogen-bond acceptors (Lipinski definition) is 2. The van der Waals surface area contributed by atoms with Crippen LogP contribution in [0.1, 0.15) is 55.4 Å². The third-order valence-corrected chi connectivity index (χ3v) is 5.04. The number of rotatable bonds is 7. The van der Waals surface area contributed by atoms with Crippen molar-refractivity contribution in [2.24, 2.45) is 0 Å². The van der Waals surface area contributed by atoms with Crippen LogP contribution in [0.2, 0.25) is 0 Å². The highest BCUT2D eigenvalue weighted by atomic mass is 32.1. The Morgan fingerprint density at radius 2 is 1.78 bits per heavy atom. The maximum atomic E-state index is 5.41. The van der Waals surface area contributed by atoms with E-state index in [1.807, 2.05) is 6.07 Å². The van der Waals surface area contributed by atoms with Crippen molar-refractivity contribution in [3.05, 3.63) is 58.7 Å². The van der Waals surface area contributed by atoms with Crippen molar-refractivity contribution in [3.8, 4) is 5.75 Å². The minimum Gasteiger partial charge on any atom is -0.496 e. The fourth-order valence-corrected chi connectivity index (χ4v) is 3.83. The van der Waals surface area contributed by atoms with E-state index >= 15 is 0 Å². The van der Waals surface area contributed by atoms with Crippen molar-refractivity contribution in [2.45, 2.75) is 57.3 Å². The number of hydrogen-bond donors (Lipinski definition) is 1. The zero-order valence-corrected chi connectivity index (χ0v) is 15.6. The van der Waals surface area contributed by atoms with Crippen LogP contribution in [0.5, 0.6) is 5.75 Å². The zero-order valence-electron chi connectivity index (χ0n) is 14.7. The molecule has 2 heteroatoms. The Morgan fingerprint density at radius 1 is 1.04 bits per heavy atom. The van der Waals surface area contributed by atoms with Crippen LogP contribution in [0.4, 0.5) is 0 Å². The molecule has 124 valence electrons. The van der Waals surface area contributed by atoms with Crippen LogP contribution < -0.4 is 4.74 Å². The van der Waals surface area contributed by atoms with Crippen LogP contribution >= 0.6 is 12.6 Å². The standard InChI is InChI=1S/C21H28OS/c1-5-9-16-10-7-8-11-19(16)15(3)14-17-12-13-20(22-4)21(23)18(17)6-2/h7-8,10-13,15,23H,5-6,9,14H2,1-4H3. The first-order valence-corrected chi connectivity index (χ1v) is 9.02. The first kappa shape index (κ1) is 17.9. The molecule has 0 radical (unpaired) electrons. The lowest BCUT2D eigenvalue weighted by Crippen LogP contribution is -2.05. The molecule has 0 aliphatic carbocycles. The van der Waals surface area contributed by atoms with E-state index in [1.165, 1.54) is 28.7 Å². The van der Waals surface area contributed by atoms with E-state index in [0.717, 1.165) is 29.9 Å². The summed E-state index contributed by atoms with van der Waals surface area (Å²) in [6, 6.07) is 13.1. The Labute approximate surface area is 146 Å². The molecule has 23 heavy (non-hydrogen) atoms. The average Bonchev–Trinajstić information content (AvgIpc) is 2.56. The molecule has 0 aliphatic heterocycles. The van der Waals surface area contributed by atoms with Gasteiger partial charge in [0, 0.05) is 4.90 Å². The van der Waals surface area contributed by atoms with Gasteiger partial charge in [0.25, 0.3) is 0 Å². The zero-order chi connectivity index (χ0) is 16.8. The first-order valence-electron chi connectivity index (χ1n) is 8.57. The molecular formula is C21H28OS. The van der Waals surface area contributed by atoms with Crippen LogP contribution in [0.15, 0.2) is 41.3 Å². The van der Waals surface area contributed by atoms with Crippen LogP contribution in [0, 0.1) is 0 Å². The van der Waals surface area contributed by atoms with Gasteiger partial charge >= 0.3 is 0 Å². The van der Waals surface area contributed by atoms with Crippen molar-refractivity contribution in [1.29, 1.82) is 0 Å². The number of ether oxygens (including phenoxy) is 1. The van der Waals surface area contributed by atoms with Gasteiger partial charge in [-0.25, -0.2) is 0 Å². The Bertz CT molecular complexity index is 648. The van der Waals surface area contributed by atoms with Crippen LogP contribution in [0.25, 0.3) is 0 Å². The van der Waals surface area contributed by atoms with E-state index < -0.39 is 0 Å². The molecule has 0 spiro atoms. The normalized spacial score (nSPS) is 12.2. The molecule has 0 heterocycles. The molecule has 0 amide bonds. The van der Waals surface area contributed by atoms with Gasteiger partial charge in [0.1, 0.15) is 5.75 Å². The van der Waals surface area contributed by atoms with E-state index in [2.05, 4.69) is 63.7 Å². The summed E-state index contributed by atoms with van der Waals surface area (Å²) in [5, 5.41) is 0. The number of benzene rings is 2. The summed E-state index contributed by atoms with van der Waals surface area (Å²) < 4.78 is 5.41. The van der Waals surface area contributed by atoms with Crippen molar-refractivity contribution >= 4 is 12.6 Å². The Kier molecular flexibility index (Phi) is 6.59. The minimum atomic E-state index is 0.504. The fourth-order valence-electron chi connectivity index (χ4n) is 3.36. The number of methoxy groups -OCH3 is 1. The highest BCUT2D eigenvalue weighted by Crippen LogP contribution is 2.33. The summed E-state index contributed by atoms with van der Waals surface area (Å²) in [7, 11) is 1.71. The minimum absolute atomic E-state index is 0.504. The van der Waals surface area contributed by atoms with Gasteiger partial charge < -0.3 is 4.74 Å².